The number of urea groups is 1. The number of amides is 3. The molecule has 2 aromatic carbocycles. The van der Waals surface area contributed by atoms with Gasteiger partial charge >= 0.3 is 6.03 Å². The molecule has 0 saturated heterocycles. The number of hydrogen-bond acceptors (Lipinski definition) is 5. The minimum absolute atomic E-state index is 0.0540. The number of nitrogens with one attached hydrogen (secondary N) is 2. The Morgan fingerprint density at radius 3 is 2.56 bits per heavy atom. The van der Waals surface area contributed by atoms with Crippen LogP contribution >= 0.6 is 0 Å². The molecule has 172 valence electrons. The topological polar surface area (TPSA) is 98.1 Å². The SMILES string of the molecule is Cn1cc(-c2cc(Oc3ccc(NC(=O)NC(=O)Cc4ccc(F)cc4)cc3F)ccn2)cn1. The molecule has 0 bridgehead atoms. The third-order valence-electron chi connectivity index (χ3n) is 4.68. The molecule has 3 amide bonds. The molecule has 4 rings (SSSR count). The first-order valence-electron chi connectivity index (χ1n) is 10.1. The fourth-order valence-electron chi connectivity index (χ4n) is 3.10. The van der Waals surface area contributed by atoms with Gasteiger partial charge in [-0.05, 0) is 35.9 Å². The number of benzene rings is 2. The zero-order valence-corrected chi connectivity index (χ0v) is 18.0. The second-order valence-electron chi connectivity index (χ2n) is 7.33. The molecule has 0 radical (unpaired) electrons. The van der Waals surface area contributed by atoms with Crippen LogP contribution in [0.1, 0.15) is 5.56 Å². The smallest absolute Gasteiger partial charge is 0.325 e. The van der Waals surface area contributed by atoms with Gasteiger partial charge in [-0.2, -0.15) is 5.10 Å². The van der Waals surface area contributed by atoms with Gasteiger partial charge in [-0.25, -0.2) is 13.6 Å². The number of aryl methyl sites for hydroxylation is 1. The minimum Gasteiger partial charge on any atom is -0.454 e. The van der Waals surface area contributed by atoms with Crippen LogP contribution in [0.15, 0.2) is 73.2 Å². The lowest BCUT2D eigenvalue weighted by Crippen LogP contribution is -2.35. The summed E-state index contributed by atoms with van der Waals surface area (Å²) >= 11 is 0. The van der Waals surface area contributed by atoms with Gasteiger partial charge in [0, 0.05) is 42.8 Å². The molecule has 4 aromatic rings. The number of aromatic nitrogens is 3. The third kappa shape index (κ3) is 5.80. The second kappa shape index (κ2) is 9.90. The van der Waals surface area contributed by atoms with Crippen molar-refractivity contribution in [3.8, 4) is 22.8 Å². The number of hydrogen-bond donors (Lipinski definition) is 2. The third-order valence-corrected chi connectivity index (χ3v) is 4.68. The lowest BCUT2D eigenvalue weighted by atomic mass is 10.1. The molecular formula is C24H19F2N5O3. The van der Waals surface area contributed by atoms with Crippen LogP contribution < -0.4 is 15.4 Å². The van der Waals surface area contributed by atoms with Crippen LogP contribution in [0.25, 0.3) is 11.3 Å². The number of halogens is 2. The lowest BCUT2D eigenvalue weighted by molar-refractivity contribution is -0.119. The number of pyridine rings is 1. The molecule has 2 aromatic heterocycles. The first-order chi connectivity index (χ1) is 16.4. The first kappa shape index (κ1) is 22.6. The summed E-state index contributed by atoms with van der Waals surface area (Å²) < 4.78 is 34.8. The number of ether oxygens (including phenoxy) is 1. The van der Waals surface area contributed by atoms with E-state index in [1.165, 1.54) is 36.4 Å². The van der Waals surface area contributed by atoms with Crippen molar-refractivity contribution in [2.45, 2.75) is 6.42 Å². The summed E-state index contributed by atoms with van der Waals surface area (Å²) in [4.78, 5) is 28.3. The molecule has 2 N–H and O–H groups in total. The molecule has 0 saturated carbocycles. The van der Waals surface area contributed by atoms with Gasteiger partial charge in [0.05, 0.1) is 18.3 Å². The van der Waals surface area contributed by atoms with Gasteiger partial charge < -0.3 is 10.1 Å². The van der Waals surface area contributed by atoms with Crippen molar-refractivity contribution in [1.82, 2.24) is 20.1 Å². The number of carbonyl (C=O) groups is 2. The van der Waals surface area contributed by atoms with Crippen LogP contribution in [0, 0.1) is 11.6 Å². The van der Waals surface area contributed by atoms with E-state index in [-0.39, 0.29) is 17.9 Å². The fraction of sp³-hybridized carbons (Fsp3) is 0.0833. The molecule has 0 unspecified atom stereocenters. The van der Waals surface area contributed by atoms with E-state index < -0.39 is 23.6 Å². The minimum atomic E-state index is -0.824. The molecule has 34 heavy (non-hydrogen) atoms. The average Bonchev–Trinajstić information content (AvgIpc) is 3.24. The molecule has 0 aliphatic carbocycles. The van der Waals surface area contributed by atoms with Crippen LogP contribution in [0.3, 0.4) is 0 Å². The quantitative estimate of drug-likeness (QED) is 0.441. The summed E-state index contributed by atoms with van der Waals surface area (Å²) in [6.07, 6.45) is 4.88. The van der Waals surface area contributed by atoms with Crippen LogP contribution in [-0.2, 0) is 18.3 Å². The van der Waals surface area contributed by atoms with E-state index in [2.05, 4.69) is 20.7 Å². The second-order valence-corrected chi connectivity index (χ2v) is 7.33. The number of anilines is 1. The molecule has 0 atom stereocenters. The summed E-state index contributed by atoms with van der Waals surface area (Å²) in [7, 11) is 1.79. The van der Waals surface area contributed by atoms with Gasteiger partial charge in [0.25, 0.3) is 0 Å². The van der Waals surface area contributed by atoms with Crippen molar-refractivity contribution >= 4 is 17.6 Å². The zero-order chi connectivity index (χ0) is 24.1. The highest BCUT2D eigenvalue weighted by atomic mass is 19.1. The van der Waals surface area contributed by atoms with Crippen molar-refractivity contribution in [3.05, 3.63) is 90.4 Å². The maximum atomic E-state index is 14.6. The van der Waals surface area contributed by atoms with E-state index in [1.54, 1.807) is 42.5 Å². The Balaban J connectivity index is 1.36. The molecule has 0 aliphatic heterocycles. The zero-order valence-electron chi connectivity index (χ0n) is 18.0. The molecule has 0 spiro atoms. The normalized spacial score (nSPS) is 10.6. The fourth-order valence-corrected chi connectivity index (χ4v) is 3.10. The Hall–Kier alpha value is -4.60. The van der Waals surface area contributed by atoms with Gasteiger partial charge in [0.1, 0.15) is 11.6 Å². The van der Waals surface area contributed by atoms with E-state index in [4.69, 9.17) is 4.74 Å². The predicted molar refractivity (Wildman–Crippen MR) is 120 cm³/mol. The van der Waals surface area contributed by atoms with E-state index in [0.29, 0.717) is 17.0 Å². The van der Waals surface area contributed by atoms with Crippen LogP contribution in [0.5, 0.6) is 11.5 Å². The average molecular weight is 463 g/mol. The molecule has 0 fully saturated rings. The summed E-state index contributed by atoms with van der Waals surface area (Å²) in [5.41, 5.74) is 2.07. The van der Waals surface area contributed by atoms with Crippen LogP contribution in [-0.4, -0.2) is 26.7 Å². The van der Waals surface area contributed by atoms with Crippen molar-refractivity contribution in [1.29, 1.82) is 0 Å². The highest BCUT2D eigenvalue weighted by molar-refractivity contribution is 6.01. The van der Waals surface area contributed by atoms with Crippen molar-refractivity contribution in [2.75, 3.05) is 5.32 Å². The van der Waals surface area contributed by atoms with E-state index in [1.807, 2.05) is 0 Å². The Kier molecular flexibility index (Phi) is 6.58. The summed E-state index contributed by atoms with van der Waals surface area (Å²) in [6.45, 7) is 0. The van der Waals surface area contributed by atoms with Crippen molar-refractivity contribution < 1.29 is 23.1 Å². The van der Waals surface area contributed by atoms with Gasteiger partial charge in [-0.1, -0.05) is 12.1 Å². The molecule has 8 nitrogen and oxygen atoms in total. The Labute approximate surface area is 193 Å². The first-order valence-corrected chi connectivity index (χ1v) is 10.1. The largest absolute Gasteiger partial charge is 0.454 e. The number of rotatable bonds is 6. The van der Waals surface area contributed by atoms with Gasteiger partial charge in [0.15, 0.2) is 11.6 Å². The van der Waals surface area contributed by atoms with Gasteiger partial charge in [-0.3, -0.25) is 19.8 Å². The summed E-state index contributed by atoms with van der Waals surface area (Å²) in [5, 5.41) is 8.62. The Morgan fingerprint density at radius 1 is 1.06 bits per heavy atom. The number of carbonyl (C=O) groups excluding carboxylic acids is 2. The molecule has 2 heterocycles. The Morgan fingerprint density at radius 2 is 1.85 bits per heavy atom. The highest BCUT2D eigenvalue weighted by Crippen LogP contribution is 2.28. The van der Waals surface area contributed by atoms with Gasteiger partial charge in [-0.15, -0.1) is 0 Å². The lowest BCUT2D eigenvalue weighted by Gasteiger charge is -2.10. The monoisotopic (exact) mass is 463 g/mol. The van der Waals surface area contributed by atoms with E-state index in [0.717, 1.165) is 11.6 Å². The number of nitrogens with zero attached hydrogens (tertiary/aromatic N) is 3. The van der Waals surface area contributed by atoms with Crippen molar-refractivity contribution in [3.63, 3.8) is 0 Å². The van der Waals surface area contributed by atoms with Crippen LogP contribution in [0.4, 0.5) is 19.3 Å². The predicted octanol–water partition coefficient (Wildman–Crippen LogP) is 4.44. The summed E-state index contributed by atoms with van der Waals surface area (Å²) in [6, 6.07) is 11.6. The molecule has 10 heteroatoms. The maximum Gasteiger partial charge on any atom is 0.325 e. The van der Waals surface area contributed by atoms with Crippen molar-refractivity contribution in [2.24, 2.45) is 7.05 Å². The van der Waals surface area contributed by atoms with Gasteiger partial charge in [0.2, 0.25) is 5.91 Å². The van der Waals surface area contributed by atoms with E-state index >= 15 is 0 Å². The standard InChI is InChI=1S/C24H19F2N5O3/c1-31-14-16(13-28-31)21-12-19(8-9-27-21)34-22-7-6-18(11-20(22)26)29-24(33)30-23(32)10-15-2-4-17(25)5-3-15/h2-9,11-14H,10H2,1H3,(H2,29,30,32,33). The van der Waals surface area contributed by atoms with Crippen LogP contribution in [0.2, 0.25) is 0 Å². The molecule has 0 aliphatic rings. The highest BCUT2D eigenvalue weighted by Gasteiger charge is 2.12. The Bertz CT molecular complexity index is 1340. The number of imide groups is 1. The summed E-state index contributed by atoms with van der Waals surface area (Å²) in [5.74, 6) is -1.41. The molecular weight excluding hydrogens is 444 g/mol. The van der Waals surface area contributed by atoms with E-state index in [9.17, 15) is 18.4 Å². The maximum absolute atomic E-state index is 14.6.